The van der Waals surface area contributed by atoms with Crippen LogP contribution in [0.3, 0.4) is 0 Å². The van der Waals surface area contributed by atoms with E-state index in [2.05, 4.69) is 44.8 Å². The number of guanidine groups is 1. The Balaban J connectivity index is 2.02. The first kappa shape index (κ1) is 19.4. The molecule has 0 radical (unpaired) electrons. The highest BCUT2D eigenvalue weighted by Gasteiger charge is 2.07. The summed E-state index contributed by atoms with van der Waals surface area (Å²) in [5.41, 5.74) is 3.23. The summed E-state index contributed by atoms with van der Waals surface area (Å²) in [6.45, 7) is 3.22. The fourth-order valence-electron chi connectivity index (χ4n) is 2.47. The molecular formula is C20H28N4O2. The summed E-state index contributed by atoms with van der Waals surface area (Å²) < 4.78 is 10.9. The molecule has 0 atom stereocenters. The van der Waals surface area contributed by atoms with Crippen LogP contribution in [0, 0.1) is 0 Å². The van der Waals surface area contributed by atoms with Crippen molar-refractivity contribution in [3.05, 3.63) is 48.0 Å². The number of rotatable bonds is 7. The lowest BCUT2D eigenvalue weighted by Crippen LogP contribution is -2.30. The zero-order valence-corrected chi connectivity index (χ0v) is 16.2. The van der Waals surface area contributed by atoms with Gasteiger partial charge in [0, 0.05) is 45.1 Å². The monoisotopic (exact) mass is 356 g/mol. The van der Waals surface area contributed by atoms with Crippen LogP contribution in [0.5, 0.6) is 11.5 Å². The minimum atomic E-state index is 0.596. The van der Waals surface area contributed by atoms with Crippen molar-refractivity contribution in [2.75, 3.05) is 45.1 Å². The van der Waals surface area contributed by atoms with Crippen molar-refractivity contribution in [1.29, 1.82) is 0 Å². The fraction of sp³-hybridized carbons (Fsp3) is 0.350. The van der Waals surface area contributed by atoms with Gasteiger partial charge in [-0.1, -0.05) is 12.1 Å². The summed E-state index contributed by atoms with van der Waals surface area (Å²) in [5.74, 6) is 2.10. The van der Waals surface area contributed by atoms with Crippen molar-refractivity contribution in [3.63, 3.8) is 0 Å². The molecule has 0 aliphatic carbocycles. The minimum Gasteiger partial charge on any atom is -0.493 e. The third-order valence-corrected chi connectivity index (χ3v) is 3.84. The summed E-state index contributed by atoms with van der Waals surface area (Å²) in [6.07, 6.45) is 0. The molecule has 0 amide bonds. The Morgan fingerprint density at radius 2 is 1.92 bits per heavy atom. The van der Waals surface area contributed by atoms with E-state index < -0.39 is 0 Å². The number of methoxy groups -OCH3 is 1. The summed E-state index contributed by atoms with van der Waals surface area (Å²) >= 11 is 0. The number of hydrogen-bond acceptors (Lipinski definition) is 4. The van der Waals surface area contributed by atoms with Gasteiger partial charge in [0.1, 0.15) is 0 Å². The maximum Gasteiger partial charge on any atom is 0.195 e. The van der Waals surface area contributed by atoms with E-state index in [0.717, 1.165) is 11.4 Å². The van der Waals surface area contributed by atoms with E-state index in [0.29, 0.717) is 24.9 Å². The average Bonchev–Trinajstić information content (AvgIpc) is 2.66. The number of nitrogens with zero attached hydrogens (tertiary/aromatic N) is 2. The molecule has 0 bridgehead atoms. The van der Waals surface area contributed by atoms with Crippen molar-refractivity contribution in [1.82, 2.24) is 5.32 Å². The molecule has 6 nitrogen and oxygen atoms in total. The predicted octanol–water partition coefficient (Wildman–Crippen LogP) is 3.35. The third kappa shape index (κ3) is 5.31. The quantitative estimate of drug-likeness (QED) is 0.589. The van der Waals surface area contributed by atoms with Crippen LogP contribution in [0.4, 0.5) is 11.4 Å². The molecule has 0 saturated carbocycles. The molecule has 2 aromatic carbocycles. The number of aliphatic imine (C=N–C) groups is 1. The molecule has 0 fully saturated rings. The molecule has 2 rings (SSSR count). The molecule has 0 aliphatic heterocycles. The maximum absolute atomic E-state index is 5.55. The van der Waals surface area contributed by atoms with E-state index in [-0.39, 0.29) is 0 Å². The van der Waals surface area contributed by atoms with E-state index >= 15 is 0 Å². The van der Waals surface area contributed by atoms with Gasteiger partial charge in [-0.25, -0.2) is 0 Å². The number of benzene rings is 2. The first-order chi connectivity index (χ1) is 12.6. The van der Waals surface area contributed by atoms with E-state index in [4.69, 9.17) is 9.47 Å². The molecule has 0 saturated heterocycles. The zero-order valence-electron chi connectivity index (χ0n) is 16.2. The Bertz CT molecular complexity index is 744. The first-order valence-electron chi connectivity index (χ1n) is 8.62. The molecule has 26 heavy (non-hydrogen) atoms. The van der Waals surface area contributed by atoms with Crippen LogP contribution in [-0.2, 0) is 6.54 Å². The van der Waals surface area contributed by atoms with Crippen molar-refractivity contribution in [3.8, 4) is 11.5 Å². The van der Waals surface area contributed by atoms with Crippen LogP contribution < -0.4 is 25.0 Å². The van der Waals surface area contributed by atoms with Gasteiger partial charge in [0.05, 0.1) is 13.7 Å². The van der Waals surface area contributed by atoms with Crippen LogP contribution in [0.2, 0.25) is 0 Å². The standard InChI is InChI=1S/C20H28N4O2/c1-6-26-18-11-10-16(13-19(18)25-5)23-20(21-2)22-14-15-8-7-9-17(12-15)24(3)4/h7-13H,6,14H2,1-5H3,(H2,21,22,23). The molecule has 0 spiro atoms. The van der Waals surface area contributed by atoms with Crippen LogP contribution in [0.15, 0.2) is 47.5 Å². The van der Waals surface area contributed by atoms with Crippen LogP contribution in [0.1, 0.15) is 12.5 Å². The second-order valence-corrected chi connectivity index (χ2v) is 5.91. The second-order valence-electron chi connectivity index (χ2n) is 5.91. The van der Waals surface area contributed by atoms with E-state index in [9.17, 15) is 0 Å². The summed E-state index contributed by atoms with van der Waals surface area (Å²) in [4.78, 5) is 6.37. The molecule has 2 N–H and O–H groups in total. The lowest BCUT2D eigenvalue weighted by atomic mass is 10.2. The van der Waals surface area contributed by atoms with E-state index in [1.54, 1.807) is 14.2 Å². The van der Waals surface area contributed by atoms with Crippen molar-refractivity contribution in [2.24, 2.45) is 4.99 Å². The summed E-state index contributed by atoms with van der Waals surface area (Å²) in [7, 11) is 7.45. The van der Waals surface area contributed by atoms with Gasteiger partial charge in [0.15, 0.2) is 17.5 Å². The SMILES string of the molecule is CCOc1ccc(NC(=NC)NCc2cccc(N(C)C)c2)cc1OC. The molecule has 140 valence electrons. The number of ether oxygens (including phenoxy) is 2. The molecule has 0 aromatic heterocycles. The predicted molar refractivity (Wildman–Crippen MR) is 109 cm³/mol. The highest BCUT2D eigenvalue weighted by Crippen LogP contribution is 2.30. The van der Waals surface area contributed by atoms with E-state index in [1.807, 2.05) is 39.2 Å². The highest BCUT2D eigenvalue weighted by atomic mass is 16.5. The molecule has 0 heterocycles. The van der Waals surface area contributed by atoms with Crippen LogP contribution >= 0.6 is 0 Å². The number of nitrogens with one attached hydrogen (secondary N) is 2. The van der Waals surface area contributed by atoms with Crippen molar-refractivity contribution in [2.45, 2.75) is 13.5 Å². The number of anilines is 2. The molecule has 0 aliphatic rings. The molecule has 0 unspecified atom stereocenters. The van der Waals surface area contributed by atoms with Gasteiger partial charge < -0.3 is 25.0 Å². The Kier molecular flexibility index (Phi) is 7.14. The lowest BCUT2D eigenvalue weighted by molar-refractivity contribution is 0.311. The topological polar surface area (TPSA) is 58.1 Å². The summed E-state index contributed by atoms with van der Waals surface area (Å²) in [5, 5.41) is 6.60. The zero-order chi connectivity index (χ0) is 18.9. The van der Waals surface area contributed by atoms with Gasteiger partial charge in [0.25, 0.3) is 0 Å². The van der Waals surface area contributed by atoms with Gasteiger partial charge in [0.2, 0.25) is 0 Å². The second kappa shape index (κ2) is 9.56. The fourth-order valence-corrected chi connectivity index (χ4v) is 2.47. The van der Waals surface area contributed by atoms with Crippen molar-refractivity contribution >= 4 is 17.3 Å². The van der Waals surface area contributed by atoms with Gasteiger partial charge in [-0.05, 0) is 36.8 Å². The first-order valence-corrected chi connectivity index (χ1v) is 8.62. The normalized spacial score (nSPS) is 11.0. The number of hydrogen-bond donors (Lipinski definition) is 2. The van der Waals surface area contributed by atoms with Crippen LogP contribution in [-0.4, -0.2) is 40.8 Å². The molecular weight excluding hydrogens is 328 g/mol. The largest absolute Gasteiger partial charge is 0.493 e. The minimum absolute atomic E-state index is 0.596. The maximum atomic E-state index is 5.55. The third-order valence-electron chi connectivity index (χ3n) is 3.84. The van der Waals surface area contributed by atoms with Crippen molar-refractivity contribution < 1.29 is 9.47 Å². The lowest BCUT2D eigenvalue weighted by Gasteiger charge is -2.16. The smallest absolute Gasteiger partial charge is 0.195 e. The van der Waals surface area contributed by atoms with Gasteiger partial charge in [-0.2, -0.15) is 0 Å². The van der Waals surface area contributed by atoms with Gasteiger partial charge >= 0.3 is 0 Å². The van der Waals surface area contributed by atoms with Gasteiger partial charge in [-0.3, -0.25) is 4.99 Å². The van der Waals surface area contributed by atoms with Gasteiger partial charge in [-0.15, -0.1) is 0 Å². The Hall–Kier alpha value is -2.89. The summed E-state index contributed by atoms with van der Waals surface area (Å²) in [6, 6.07) is 14.1. The Morgan fingerprint density at radius 3 is 2.58 bits per heavy atom. The molecule has 2 aromatic rings. The highest BCUT2D eigenvalue weighted by molar-refractivity contribution is 5.93. The van der Waals surface area contributed by atoms with E-state index in [1.165, 1.54) is 11.3 Å². The Morgan fingerprint density at radius 1 is 1.12 bits per heavy atom. The van der Waals surface area contributed by atoms with Crippen LogP contribution in [0.25, 0.3) is 0 Å². The average molecular weight is 356 g/mol. The Labute approximate surface area is 155 Å². The molecule has 6 heteroatoms.